The van der Waals surface area contributed by atoms with Gasteiger partial charge in [0.05, 0.1) is 17.1 Å². The van der Waals surface area contributed by atoms with Gasteiger partial charge in [0.15, 0.2) is 11.6 Å². The number of anilines is 1. The van der Waals surface area contributed by atoms with Crippen LogP contribution in [0, 0.1) is 11.3 Å². The summed E-state index contributed by atoms with van der Waals surface area (Å²) in [4.78, 5) is 23.5. The number of nitrogens with zero attached hydrogens (tertiary/aromatic N) is 4. The Morgan fingerprint density at radius 2 is 1.81 bits per heavy atom. The van der Waals surface area contributed by atoms with Crippen LogP contribution in [0.4, 0.5) is 5.69 Å². The average Bonchev–Trinajstić information content (AvgIpc) is 3.23. The zero-order valence-electron chi connectivity index (χ0n) is 17.7. The highest BCUT2D eigenvalue weighted by Gasteiger charge is 2.26. The smallest absolute Gasteiger partial charge is 0.159 e. The van der Waals surface area contributed by atoms with Crippen molar-refractivity contribution in [2.45, 2.75) is 19.9 Å². The molecule has 0 spiro atoms. The van der Waals surface area contributed by atoms with E-state index >= 15 is 0 Å². The number of ketones is 1. The number of aromatic nitrogens is 2. The molecule has 0 aliphatic carbocycles. The summed E-state index contributed by atoms with van der Waals surface area (Å²) < 4.78 is 0. The van der Waals surface area contributed by atoms with E-state index in [2.05, 4.69) is 25.8 Å². The minimum atomic E-state index is -0.301. The number of fused-ring (bicyclic) bond motifs is 1. The number of Topliss-reactive ketones (excluding diaryl/α,β-unsaturated/α-hetero) is 1. The Hall–Kier alpha value is -3.63. The highest BCUT2D eigenvalue weighted by molar-refractivity contribution is 5.94. The number of para-hydroxylation sites is 2. The lowest BCUT2D eigenvalue weighted by Crippen LogP contribution is -2.50. The molecule has 1 aliphatic heterocycles. The first-order valence-electron chi connectivity index (χ1n) is 10.4. The monoisotopic (exact) mass is 415 g/mol. The number of carbonyl (C=O) groups excluding carboxylic acids is 1. The van der Waals surface area contributed by atoms with Crippen LogP contribution in [0.3, 0.4) is 0 Å². The third kappa shape index (κ3) is 4.16. The molecular formula is C24H25N5O2. The van der Waals surface area contributed by atoms with Gasteiger partial charge in [-0.05, 0) is 50.2 Å². The van der Waals surface area contributed by atoms with Crippen molar-refractivity contribution in [3.05, 3.63) is 65.7 Å². The molecule has 4 rings (SSSR count). The second kappa shape index (κ2) is 8.62. The Labute approximate surface area is 181 Å². The molecule has 1 saturated heterocycles. The molecule has 2 aromatic carbocycles. The minimum absolute atomic E-state index is 0.0285. The fourth-order valence-corrected chi connectivity index (χ4v) is 3.96. The van der Waals surface area contributed by atoms with E-state index in [1.807, 2.05) is 55.5 Å². The molecule has 0 amide bonds. The maximum absolute atomic E-state index is 11.5. The highest BCUT2D eigenvalue weighted by atomic mass is 16.3. The molecule has 31 heavy (non-hydrogen) atoms. The van der Waals surface area contributed by atoms with Crippen molar-refractivity contribution in [3.8, 4) is 6.07 Å². The third-order valence-corrected chi connectivity index (χ3v) is 5.89. The van der Waals surface area contributed by atoms with Gasteiger partial charge in [0, 0.05) is 37.4 Å². The lowest BCUT2D eigenvalue weighted by molar-refractivity contribution is 0.101. The van der Waals surface area contributed by atoms with Crippen molar-refractivity contribution in [1.29, 1.82) is 5.26 Å². The van der Waals surface area contributed by atoms with Crippen LogP contribution >= 0.6 is 0 Å². The quantitative estimate of drug-likeness (QED) is 0.374. The lowest BCUT2D eigenvalue weighted by atomic mass is 10.1. The number of nitrogens with one attached hydrogen (secondary N) is 1. The fourth-order valence-electron chi connectivity index (χ4n) is 3.96. The Morgan fingerprint density at radius 3 is 2.42 bits per heavy atom. The minimum Gasteiger partial charge on any atom is -0.509 e. The summed E-state index contributed by atoms with van der Waals surface area (Å²) in [7, 11) is 0. The first kappa shape index (κ1) is 20.6. The normalized spacial score (nSPS) is 16.6. The molecule has 158 valence electrons. The number of nitriles is 1. The van der Waals surface area contributed by atoms with Crippen LogP contribution in [0.1, 0.15) is 30.0 Å². The number of imidazole rings is 1. The van der Waals surface area contributed by atoms with E-state index in [0.717, 1.165) is 42.9 Å². The lowest BCUT2D eigenvalue weighted by Gasteiger charge is -2.39. The molecule has 0 radical (unpaired) electrons. The van der Waals surface area contributed by atoms with Gasteiger partial charge in [0.1, 0.15) is 17.4 Å². The molecular weight excluding hydrogens is 390 g/mol. The van der Waals surface area contributed by atoms with Crippen molar-refractivity contribution in [3.63, 3.8) is 0 Å². The number of piperazine rings is 1. The SMILES string of the molecule is CC(=O)c1ccc(N2CCN([C@H](C)/C(O)=C(\C#N)c3nc4ccccc4[nH]3)CC2)cc1. The molecule has 2 N–H and O–H groups in total. The predicted molar refractivity (Wildman–Crippen MR) is 121 cm³/mol. The summed E-state index contributed by atoms with van der Waals surface area (Å²) in [6.07, 6.45) is 0. The molecule has 2 heterocycles. The van der Waals surface area contributed by atoms with Gasteiger partial charge in [-0.25, -0.2) is 4.98 Å². The third-order valence-electron chi connectivity index (χ3n) is 5.89. The van der Waals surface area contributed by atoms with Crippen LogP contribution in [0.25, 0.3) is 16.6 Å². The van der Waals surface area contributed by atoms with Gasteiger partial charge < -0.3 is 15.0 Å². The molecule has 0 bridgehead atoms. The van der Waals surface area contributed by atoms with Crippen LogP contribution in [-0.4, -0.2) is 58.0 Å². The van der Waals surface area contributed by atoms with Crippen LogP contribution < -0.4 is 4.90 Å². The van der Waals surface area contributed by atoms with Gasteiger partial charge in [-0.2, -0.15) is 5.26 Å². The Morgan fingerprint density at radius 1 is 1.13 bits per heavy atom. The Bertz CT molecular complexity index is 1130. The van der Waals surface area contributed by atoms with Crippen molar-refractivity contribution < 1.29 is 9.90 Å². The number of allylic oxidation sites excluding steroid dienone is 1. The molecule has 1 aromatic heterocycles. The summed E-state index contributed by atoms with van der Waals surface area (Å²) in [5.41, 5.74) is 3.55. The van der Waals surface area contributed by atoms with Crippen LogP contribution in [0.5, 0.6) is 0 Å². The summed E-state index contributed by atoms with van der Waals surface area (Å²) in [6.45, 7) is 6.56. The molecule has 7 heteroatoms. The van der Waals surface area contributed by atoms with Gasteiger partial charge >= 0.3 is 0 Å². The number of carbonyl (C=O) groups is 1. The van der Waals surface area contributed by atoms with Gasteiger partial charge in [0.2, 0.25) is 0 Å². The van der Waals surface area contributed by atoms with E-state index in [-0.39, 0.29) is 23.2 Å². The van der Waals surface area contributed by atoms with Gasteiger partial charge in [0.25, 0.3) is 0 Å². The van der Waals surface area contributed by atoms with E-state index in [9.17, 15) is 15.2 Å². The van der Waals surface area contributed by atoms with Crippen molar-refractivity contribution >= 4 is 28.1 Å². The van der Waals surface area contributed by atoms with Crippen molar-refractivity contribution in [1.82, 2.24) is 14.9 Å². The summed E-state index contributed by atoms with van der Waals surface area (Å²) in [5.74, 6) is 0.475. The summed E-state index contributed by atoms with van der Waals surface area (Å²) >= 11 is 0. The number of hydrogen-bond acceptors (Lipinski definition) is 6. The number of rotatable bonds is 5. The van der Waals surface area contributed by atoms with Crippen molar-refractivity contribution in [2.24, 2.45) is 0 Å². The maximum Gasteiger partial charge on any atom is 0.159 e. The molecule has 1 aliphatic rings. The number of aliphatic hydroxyl groups is 1. The van der Waals surface area contributed by atoms with Gasteiger partial charge in [-0.15, -0.1) is 0 Å². The van der Waals surface area contributed by atoms with Crippen LogP contribution in [0.15, 0.2) is 54.3 Å². The van der Waals surface area contributed by atoms with E-state index in [1.54, 1.807) is 6.92 Å². The number of benzene rings is 2. The molecule has 1 atom stereocenters. The van der Waals surface area contributed by atoms with E-state index < -0.39 is 0 Å². The number of hydrogen-bond donors (Lipinski definition) is 2. The zero-order valence-corrected chi connectivity index (χ0v) is 17.7. The average molecular weight is 415 g/mol. The Balaban J connectivity index is 1.47. The molecule has 0 saturated carbocycles. The second-order valence-corrected chi connectivity index (χ2v) is 7.78. The standard InChI is InChI=1S/C24H25N5O2/c1-16(23(31)20(15-25)24-26-21-5-3-4-6-22(21)27-24)28-11-13-29(14-12-28)19-9-7-18(8-10-19)17(2)30/h3-10,16,31H,11-14H2,1-2H3,(H,26,27)/b23-20-/t16-/m1/s1. The summed E-state index contributed by atoms with van der Waals surface area (Å²) in [6, 6.07) is 17.0. The zero-order chi connectivity index (χ0) is 22.0. The second-order valence-electron chi connectivity index (χ2n) is 7.78. The van der Waals surface area contributed by atoms with Crippen molar-refractivity contribution in [2.75, 3.05) is 31.1 Å². The largest absolute Gasteiger partial charge is 0.509 e. The molecule has 7 nitrogen and oxygen atoms in total. The molecule has 0 unspecified atom stereocenters. The number of H-pyrrole nitrogens is 1. The Kier molecular flexibility index (Phi) is 5.74. The van der Waals surface area contributed by atoms with E-state index in [4.69, 9.17) is 0 Å². The maximum atomic E-state index is 11.5. The fraction of sp³-hybridized carbons (Fsp3) is 0.292. The predicted octanol–water partition coefficient (Wildman–Crippen LogP) is 3.77. The van der Waals surface area contributed by atoms with E-state index in [0.29, 0.717) is 11.4 Å². The molecule has 1 fully saturated rings. The topological polar surface area (TPSA) is 96.2 Å². The first-order chi connectivity index (χ1) is 15.0. The molecule has 3 aromatic rings. The van der Waals surface area contributed by atoms with Crippen LogP contribution in [0.2, 0.25) is 0 Å². The number of aliphatic hydroxyl groups excluding tert-OH is 1. The highest BCUT2D eigenvalue weighted by Crippen LogP contribution is 2.24. The van der Waals surface area contributed by atoms with Crippen LogP contribution in [-0.2, 0) is 0 Å². The number of aromatic amines is 1. The van der Waals surface area contributed by atoms with Gasteiger partial charge in [-0.1, -0.05) is 12.1 Å². The summed E-state index contributed by atoms with van der Waals surface area (Å²) in [5, 5.41) is 20.6. The van der Waals surface area contributed by atoms with E-state index in [1.165, 1.54) is 0 Å². The first-order valence-corrected chi connectivity index (χ1v) is 10.4. The van der Waals surface area contributed by atoms with Gasteiger partial charge in [-0.3, -0.25) is 9.69 Å².